The fourth-order valence-electron chi connectivity index (χ4n) is 1.82. The van der Waals surface area contributed by atoms with Crippen molar-refractivity contribution in [3.63, 3.8) is 0 Å². The van der Waals surface area contributed by atoms with Crippen molar-refractivity contribution in [2.24, 2.45) is 0 Å². The molecule has 0 fully saturated rings. The topological polar surface area (TPSA) is 64.6 Å². The quantitative estimate of drug-likeness (QED) is 0.623. The smallest absolute Gasteiger partial charge is 0.408 e. The summed E-state index contributed by atoms with van der Waals surface area (Å²) < 4.78 is 10.2. The van der Waals surface area contributed by atoms with E-state index in [0.717, 1.165) is 5.56 Å². The Morgan fingerprint density at radius 3 is 2.39 bits per heavy atom. The van der Waals surface area contributed by atoms with E-state index in [1.807, 2.05) is 30.3 Å². The van der Waals surface area contributed by atoms with Crippen LogP contribution < -0.4 is 5.32 Å². The first-order valence-electron chi connectivity index (χ1n) is 7.20. The van der Waals surface area contributed by atoms with E-state index in [2.05, 4.69) is 26.0 Å². The largest absolute Gasteiger partial charge is 0.465 e. The summed E-state index contributed by atoms with van der Waals surface area (Å²) in [4.78, 5) is 23.5. The number of hydrogen-bond acceptors (Lipinski definition) is 4. The van der Waals surface area contributed by atoms with Crippen LogP contribution in [-0.2, 0) is 20.7 Å². The number of ether oxygens (including phenoxy) is 2. The molecule has 0 unspecified atom stereocenters. The standard InChI is InChI=1S/C17H22BrNO4/c1-17(2,3)23-16(21)19-13(11-14(18)15(20)22-4)10-12-8-6-5-7-9-12/h5-9,11,13H,10H2,1-4H3,(H,19,21)/b14-11-/t13-/m0/s1. The average Bonchev–Trinajstić information content (AvgIpc) is 2.45. The van der Waals surface area contributed by atoms with Crippen molar-refractivity contribution in [2.45, 2.75) is 38.8 Å². The molecule has 1 atom stereocenters. The molecule has 1 aromatic carbocycles. The van der Waals surface area contributed by atoms with Gasteiger partial charge in [0.2, 0.25) is 0 Å². The van der Waals surface area contributed by atoms with Crippen molar-refractivity contribution in [1.82, 2.24) is 5.32 Å². The van der Waals surface area contributed by atoms with E-state index >= 15 is 0 Å². The average molecular weight is 384 g/mol. The molecule has 1 rings (SSSR count). The molecule has 0 bridgehead atoms. The minimum atomic E-state index is -0.593. The SMILES string of the molecule is COC(=O)/C(Br)=C/[C@H](Cc1ccccc1)NC(=O)OC(C)(C)C. The fraction of sp³-hybridized carbons (Fsp3) is 0.412. The molecule has 126 valence electrons. The Balaban J connectivity index is 2.88. The maximum Gasteiger partial charge on any atom is 0.408 e. The molecule has 0 aromatic heterocycles. The number of methoxy groups -OCH3 is 1. The van der Waals surface area contributed by atoms with Crippen LogP contribution in [-0.4, -0.2) is 30.8 Å². The molecule has 0 aliphatic heterocycles. The van der Waals surface area contributed by atoms with Crippen molar-refractivity contribution >= 4 is 28.0 Å². The summed E-state index contributed by atoms with van der Waals surface area (Å²) in [5.41, 5.74) is 0.431. The number of rotatable bonds is 5. The van der Waals surface area contributed by atoms with Crippen LogP contribution in [0.15, 0.2) is 40.9 Å². The first-order chi connectivity index (χ1) is 10.7. The van der Waals surface area contributed by atoms with Gasteiger partial charge in [-0.3, -0.25) is 0 Å². The Morgan fingerprint density at radius 1 is 1.26 bits per heavy atom. The van der Waals surface area contributed by atoms with E-state index in [4.69, 9.17) is 4.74 Å². The molecule has 0 aliphatic carbocycles. The lowest BCUT2D eigenvalue weighted by molar-refractivity contribution is -0.135. The summed E-state index contributed by atoms with van der Waals surface area (Å²) in [5.74, 6) is -0.506. The summed E-state index contributed by atoms with van der Waals surface area (Å²) in [7, 11) is 1.30. The van der Waals surface area contributed by atoms with Crippen molar-refractivity contribution < 1.29 is 19.1 Å². The van der Waals surface area contributed by atoms with Crippen molar-refractivity contribution in [3.8, 4) is 0 Å². The second-order valence-corrected chi connectivity index (χ2v) is 6.80. The summed E-state index contributed by atoms with van der Waals surface area (Å²) in [6, 6.07) is 9.23. The zero-order valence-electron chi connectivity index (χ0n) is 13.8. The van der Waals surface area contributed by atoms with E-state index < -0.39 is 23.7 Å². The van der Waals surface area contributed by atoms with E-state index in [0.29, 0.717) is 6.42 Å². The zero-order chi connectivity index (χ0) is 17.5. The molecule has 1 amide bonds. The first-order valence-corrected chi connectivity index (χ1v) is 7.99. The highest BCUT2D eigenvalue weighted by Crippen LogP contribution is 2.13. The molecular weight excluding hydrogens is 362 g/mol. The molecule has 0 spiro atoms. The van der Waals surface area contributed by atoms with Gasteiger partial charge < -0.3 is 14.8 Å². The maximum absolute atomic E-state index is 12.0. The monoisotopic (exact) mass is 383 g/mol. The normalized spacial score (nSPS) is 13.2. The van der Waals surface area contributed by atoms with Crippen LogP contribution in [0.1, 0.15) is 26.3 Å². The highest BCUT2D eigenvalue weighted by Gasteiger charge is 2.20. The number of nitrogens with one attached hydrogen (secondary N) is 1. The lowest BCUT2D eigenvalue weighted by Crippen LogP contribution is -2.39. The van der Waals surface area contributed by atoms with Crippen molar-refractivity contribution in [3.05, 3.63) is 46.5 Å². The summed E-state index contributed by atoms with van der Waals surface area (Å²) in [5, 5.41) is 2.76. The zero-order valence-corrected chi connectivity index (χ0v) is 15.3. The molecule has 23 heavy (non-hydrogen) atoms. The Labute approximate surface area is 145 Å². The highest BCUT2D eigenvalue weighted by molar-refractivity contribution is 9.12. The molecule has 0 aliphatic rings. The second kappa shape index (κ2) is 8.72. The third kappa shape index (κ3) is 7.83. The number of esters is 1. The fourth-order valence-corrected chi connectivity index (χ4v) is 2.30. The van der Waals surface area contributed by atoms with Gasteiger partial charge in [0.25, 0.3) is 0 Å². The van der Waals surface area contributed by atoms with E-state index in [1.165, 1.54) is 7.11 Å². The Morgan fingerprint density at radius 2 is 1.87 bits per heavy atom. The van der Waals surface area contributed by atoms with Gasteiger partial charge in [-0.15, -0.1) is 0 Å². The van der Waals surface area contributed by atoms with E-state index in [9.17, 15) is 9.59 Å². The van der Waals surface area contributed by atoms with Crippen LogP contribution in [0.25, 0.3) is 0 Å². The molecule has 0 saturated carbocycles. The Hall–Kier alpha value is -1.82. The van der Waals surface area contributed by atoms with E-state index in [1.54, 1.807) is 26.8 Å². The number of carbonyl (C=O) groups excluding carboxylic acids is 2. The third-order valence-electron chi connectivity index (χ3n) is 2.73. The van der Waals surface area contributed by atoms with Gasteiger partial charge >= 0.3 is 12.1 Å². The van der Waals surface area contributed by atoms with Crippen molar-refractivity contribution in [2.75, 3.05) is 7.11 Å². The Bertz CT molecular complexity index is 564. The number of halogens is 1. The first kappa shape index (κ1) is 19.2. The number of hydrogen-bond donors (Lipinski definition) is 1. The minimum Gasteiger partial charge on any atom is -0.465 e. The van der Waals surface area contributed by atoms with Gasteiger partial charge in [-0.2, -0.15) is 0 Å². The lowest BCUT2D eigenvalue weighted by atomic mass is 10.1. The predicted molar refractivity (Wildman–Crippen MR) is 92.3 cm³/mol. The Kier molecular flexibility index (Phi) is 7.29. The molecule has 0 saturated heterocycles. The summed E-state index contributed by atoms with van der Waals surface area (Å²) in [6.07, 6.45) is 1.58. The second-order valence-electron chi connectivity index (χ2n) is 5.95. The van der Waals surface area contributed by atoms with Crippen LogP contribution >= 0.6 is 15.9 Å². The van der Waals surface area contributed by atoms with Crippen LogP contribution in [0.2, 0.25) is 0 Å². The molecule has 0 radical (unpaired) electrons. The third-order valence-corrected chi connectivity index (χ3v) is 3.32. The van der Waals surface area contributed by atoms with Gasteiger partial charge in [-0.05, 0) is 54.8 Å². The number of amides is 1. The van der Waals surface area contributed by atoms with Crippen LogP contribution in [0.3, 0.4) is 0 Å². The summed E-state index contributed by atoms with van der Waals surface area (Å²) >= 11 is 3.16. The highest BCUT2D eigenvalue weighted by atomic mass is 79.9. The molecule has 1 N–H and O–H groups in total. The van der Waals surface area contributed by atoms with Crippen LogP contribution in [0, 0.1) is 0 Å². The summed E-state index contributed by atoms with van der Waals surface area (Å²) in [6.45, 7) is 5.37. The van der Waals surface area contributed by atoms with Gasteiger partial charge in [0.05, 0.1) is 13.2 Å². The maximum atomic E-state index is 12.0. The molecule has 1 aromatic rings. The van der Waals surface area contributed by atoms with E-state index in [-0.39, 0.29) is 4.48 Å². The molecule has 5 nitrogen and oxygen atoms in total. The van der Waals surface area contributed by atoms with Gasteiger partial charge in [0.15, 0.2) is 0 Å². The van der Waals surface area contributed by atoms with Crippen LogP contribution in [0.4, 0.5) is 4.79 Å². The van der Waals surface area contributed by atoms with Gasteiger partial charge in [-0.1, -0.05) is 30.3 Å². The van der Waals surface area contributed by atoms with Gasteiger partial charge in [-0.25, -0.2) is 9.59 Å². The van der Waals surface area contributed by atoms with Gasteiger partial charge in [0.1, 0.15) is 10.1 Å². The van der Waals surface area contributed by atoms with Crippen LogP contribution in [0.5, 0.6) is 0 Å². The van der Waals surface area contributed by atoms with Gasteiger partial charge in [0, 0.05) is 0 Å². The lowest BCUT2D eigenvalue weighted by Gasteiger charge is -2.22. The minimum absolute atomic E-state index is 0.247. The molecular formula is C17H22BrNO4. The predicted octanol–water partition coefficient (Wildman–Crippen LogP) is 3.57. The number of benzene rings is 1. The molecule has 6 heteroatoms. The number of alkyl carbamates (subject to hydrolysis) is 1. The number of carbonyl (C=O) groups is 2. The molecule has 0 heterocycles. The van der Waals surface area contributed by atoms with Crippen molar-refractivity contribution in [1.29, 1.82) is 0 Å².